The van der Waals surface area contributed by atoms with Crippen molar-refractivity contribution in [3.05, 3.63) is 11.6 Å². The molecular weight excluding hydrogens is 180 g/mol. The van der Waals surface area contributed by atoms with Crippen molar-refractivity contribution in [2.45, 2.75) is 59.3 Å². The zero-order chi connectivity index (χ0) is 10.8. The third kappa shape index (κ3) is 2.46. The topological polar surface area (TPSA) is 0 Å². The highest BCUT2D eigenvalue weighted by atomic mass is 14.3. The normalized spacial score (nSPS) is 41.7. The number of hydrogen-bond acceptors (Lipinski definition) is 0. The van der Waals surface area contributed by atoms with Crippen LogP contribution >= 0.6 is 0 Å². The standard InChI is InChI=1S/C15H26/c1-4-13-5-7-14(8-6-13)15-10-11(2)9-12(15)3/h10-14H,4-9H2,1-3H3. The van der Waals surface area contributed by atoms with Crippen LogP contribution in [-0.4, -0.2) is 0 Å². The molecule has 0 saturated heterocycles. The summed E-state index contributed by atoms with van der Waals surface area (Å²) in [5, 5.41) is 0. The third-order valence-corrected chi connectivity index (χ3v) is 4.67. The molecule has 86 valence electrons. The van der Waals surface area contributed by atoms with Crippen LogP contribution in [-0.2, 0) is 0 Å². The molecule has 2 aliphatic rings. The average molecular weight is 206 g/mol. The molecule has 1 fully saturated rings. The van der Waals surface area contributed by atoms with Crippen LogP contribution in [0.3, 0.4) is 0 Å². The van der Waals surface area contributed by atoms with E-state index < -0.39 is 0 Å². The lowest BCUT2D eigenvalue weighted by atomic mass is 9.75. The van der Waals surface area contributed by atoms with Crippen LogP contribution < -0.4 is 0 Å². The zero-order valence-corrected chi connectivity index (χ0v) is 10.6. The first-order valence-electron chi connectivity index (χ1n) is 6.92. The van der Waals surface area contributed by atoms with Gasteiger partial charge in [0.2, 0.25) is 0 Å². The predicted octanol–water partition coefficient (Wildman–Crippen LogP) is 4.81. The second-order valence-electron chi connectivity index (χ2n) is 5.91. The molecule has 0 spiro atoms. The lowest BCUT2D eigenvalue weighted by Crippen LogP contribution is -2.17. The Kier molecular flexibility index (Phi) is 3.53. The molecule has 1 saturated carbocycles. The van der Waals surface area contributed by atoms with Crippen LogP contribution in [0.25, 0.3) is 0 Å². The molecule has 0 nitrogen and oxygen atoms in total. The van der Waals surface area contributed by atoms with Gasteiger partial charge in [0.25, 0.3) is 0 Å². The van der Waals surface area contributed by atoms with Crippen LogP contribution in [0.5, 0.6) is 0 Å². The van der Waals surface area contributed by atoms with Gasteiger partial charge in [-0.05, 0) is 55.8 Å². The third-order valence-electron chi connectivity index (χ3n) is 4.67. The summed E-state index contributed by atoms with van der Waals surface area (Å²) >= 11 is 0. The van der Waals surface area contributed by atoms with E-state index in [1.807, 2.05) is 5.57 Å². The maximum atomic E-state index is 2.58. The van der Waals surface area contributed by atoms with Crippen molar-refractivity contribution in [3.63, 3.8) is 0 Å². The lowest BCUT2D eigenvalue weighted by Gasteiger charge is -2.30. The van der Waals surface area contributed by atoms with Gasteiger partial charge < -0.3 is 0 Å². The summed E-state index contributed by atoms with van der Waals surface area (Å²) in [5.41, 5.74) is 1.82. The molecule has 0 amide bonds. The van der Waals surface area contributed by atoms with E-state index >= 15 is 0 Å². The minimum atomic E-state index is 0.846. The highest BCUT2D eigenvalue weighted by molar-refractivity contribution is 5.17. The van der Waals surface area contributed by atoms with Crippen LogP contribution in [0.2, 0.25) is 0 Å². The Morgan fingerprint density at radius 1 is 1.13 bits per heavy atom. The van der Waals surface area contributed by atoms with Crippen molar-refractivity contribution in [3.8, 4) is 0 Å². The summed E-state index contributed by atoms with van der Waals surface area (Å²) in [7, 11) is 0. The Balaban J connectivity index is 1.93. The average Bonchev–Trinajstić information content (AvgIpc) is 2.58. The summed E-state index contributed by atoms with van der Waals surface area (Å²) in [6.45, 7) is 7.16. The lowest BCUT2D eigenvalue weighted by molar-refractivity contribution is 0.285. The van der Waals surface area contributed by atoms with E-state index in [0.29, 0.717) is 0 Å². The first kappa shape index (κ1) is 11.2. The molecule has 2 atom stereocenters. The first-order valence-corrected chi connectivity index (χ1v) is 6.92. The van der Waals surface area contributed by atoms with Crippen LogP contribution in [0.15, 0.2) is 11.6 Å². The second-order valence-corrected chi connectivity index (χ2v) is 5.91. The van der Waals surface area contributed by atoms with Gasteiger partial charge in [0.1, 0.15) is 0 Å². The van der Waals surface area contributed by atoms with Crippen molar-refractivity contribution in [2.75, 3.05) is 0 Å². The van der Waals surface area contributed by atoms with Gasteiger partial charge in [-0.25, -0.2) is 0 Å². The molecule has 2 aliphatic carbocycles. The van der Waals surface area contributed by atoms with E-state index in [0.717, 1.165) is 23.7 Å². The fourth-order valence-electron chi connectivity index (χ4n) is 3.70. The van der Waals surface area contributed by atoms with Gasteiger partial charge in [-0.1, -0.05) is 38.8 Å². The SMILES string of the molecule is CCC1CCC(C2=CC(C)CC2C)CC1. The Hall–Kier alpha value is -0.260. The van der Waals surface area contributed by atoms with Gasteiger partial charge in [0.15, 0.2) is 0 Å². The molecule has 0 radical (unpaired) electrons. The van der Waals surface area contributed by atoms with Crippen molar-refractivity contribution in [2.24, 2.45) is 23.7 Å². The quantitative estimate of drug-likeness (QED) is 0.569. The van der Waals surface area contributed by atoms with Crippen molar-refractivity contribution >= 4 is 0 Å². The van der Waals surface area contributed by atoms with Gasteiger partial charge >= 0.3 is 0 Å². The predicted molar refractivity (Wildman–Crippen MR) is 66.8 cm³/mol. The van der Waals surface area contributed by atoms with E-state index in [1.165, 1.54) is 38.5 Å². The Bertz CT molecular complexity index is 230. The number of hydrogen-bond donors (Lipinski definition) is 0. The Morgan fingerprint density at radius 3 is 2.27 bits per heavy atom. The summed E-state index contributed by atoms with van der Waals surface area (Å²) in [6, 6.07) is 0. The minimum Gasteiger partial charge on any atom is -0.0819 e. The molecule has 0 aromatic heterocycles. The second kappa shape index (κ2) is 4.72. The smallest absolute Gasteiger partial charge is 0.0200 e. The molecule has 2 unspecified atom stereocenters. The van der Waals surface area contributed by atoms with E-state index in [4.69, 9.17) is 0 Å². The van der Waals surface area contributed by atoms with Crippen LogP contribution in [0, 0.1) is 23.7 Å². The molecule has 15 heavy (non-hydrogen) atoms. The van der Waals surface area contributed by atoms with Gasteiger partial charge in [-0.15, -0.1) is 0 Å². The fraction of sp³-hybridized carbons (Fsp3) is 0.867. The molecule has 0 heteroatoms. The van der Waals surface area contributed by atoms with Gasteiger partial charge in [-0.2, -0.15) is 0 Å². The Labute approximate surface area is 95.1 Å². The molecule has 0 aromatic rings. The number of rotatable bonds is 2. The van der Waals surface area contributed by atoms with E-state index in [-0.39, 0.29) is 0 Å². The first-order chi connectivity index (χ1) is 7.20. The van der Waals surface area contributed by atoms with E-state index in [2.05, 4.69) is 26.8 Å². The van der Waals surface area contributed by atoms with Crippen molar-refractivity contribution in [1.82, 2.24) is 0 Å². The van der Waals surface area contributed by atoms with Crippen molar-refractivity contribution < 1.29 is 0 Å². The van der Waals surface area contributed by atoms with Gasteiger partial charge in [-0.3, -0.25) is 0 Å². The van der Waals surface area contributed by atoms with Gasteiger partial charge in [0.05, 0.1) is 0 Å². The molecule has 0 aliphatic heterocycles. The maximum absolute atomic E-state index is 2.58. The Morgan fingerprint density at radius 2 is 1.80 bits per heavy atom. The fourth-order valence-corrected chi connectivity index (χ4v) is 3.70. The highest BCUT2D eigenvalue weighted by Crippen LogP contribution is 2.42. The van der Waals surface area contributed by atoms with Crippen LogP contribution in [0.1, 0.15) is 59.3 Å². The summed E-state index contributed by atoms with van der Waals surface area (Å²) in [5.74, 6) is 3.71. The summed E-state index contributed by atoms with van der Waals surface area (Å²) < 4.78 is 0. The maximum Gasteiger partial charge on any atom is -0.0200 e. The molecule has 2 rings (SSSR count). The van der Waals surface area contributed by atoms with Crippen molar-refractivity contribution in [1.29, 1.82) is 0 Å². The minimum absolute atomic E-state index is 0.846. The molecule has 0 heterocycles. The zero-order valence-electron chi connectivity index (χ0n) is 10.6. The largest absolute Gasteiger partial charge is 0.0819 e. The number of allylic oxidation sites excluding steroid dienone is 2. The molecule has 0 N–H and O–H groups in total. The van der Waals surface area contributed by atoms with E-state index in [1.54, 1.807) is 0 Å². The molecule has 0 bridgehead atoms. The molecular formula is C15H26. The monoisotopic (exact) mass is 206 g/mol. The summed E-state index contributed by atoms with van der Waals surface area (Å²) in [4.78, 5) is 0. The van der Waals surface area contributed by atoms with E-state index in [9.17, 15) is 0 Å². The highest BCUT2D eigenvalue weighted by Gasteiger charge is 2.29. The van der Waals surface area contributed by atoms with Crippen LogP contribution in [0.4, 0.5) is 0 Å². The molecule has 0 aromatic carbocycles. The van der Waals surface area contributed by atoms with Gasteiger partial charge in [0, 0.05) is 0 Å². The summed E-state index contributed by atoms with van der Waals surface area (Å²) in [6.07, 6.45) is 11.3.